The van der Waals surface area contributed by atoms with Crippen LogP contribution in [-0.4, -0.2) is 40.1 Å². The Bertz CT molecular complexity index is 1230. The van der Waals surface area contributed by atoms with Gasteiger partial charge in [-0.25, -0.2) is 0 Å². The van der Waals surface area contributed by atoms with Gasteiger partial charge in [0.1, 0.15) is 5.75 Å². The summed E-state index contributed by atoms with van der Waals surface area (Å²) < 4.78 is 7.51. The number of carbonyl (C=O) groups excluding carboxylic acids is 1. The number of hydrogen-bond donors (Lipinski definition) is 0. The summed E-state index contributed by atoms with van der Waals surface area (Å²) in [5, 5.41) is 11.7. The molecule has 1 amide bonds. The van der Waals surface area contributed by atoms with E-state index in [4.69, 9.17) is 4.74 Å². The monoisotopic (exact) mass is 446 g/mol. The Labute approximate surface area is 192 Å². The average Bonchev–Trinajstić information content (AvgIpc) is 3.26. The lowest BCUT2D eigenvalue weighted by Gasteiger charge is -2.22. The van der Waals surface area contributed by atoms with Crippen molar-refractivity contribution < 1.29 is 9.53 Å². The molecule has 3 aromatic carbocycles. The van der Waals surface area contributed by atoms with E-state index in [1.165, 1.54) is 11.8 Å². The molecule has 4 aromatic rings. The van der Waals surface area contributed by atoms with Crippen molar-refractivity contribution in [3.8, 4) is 17.1 Å². The largest absolute Gasteiger partial charge is 0.496 e. The molecular weight excluding hydrogens is 420 g/mol. The number of amides is 1. The van der Waals surface area contributed by atoms with Crippen LogP contribution >= 0.6 is 11.8 Å². The highest BCUT2D eigenvalue weighted by atomic mass is 32.2. The second-order valence-corrected chi connectivity index (χ2v) is 8.12. The molecule has 0 aliphatic carbocycles. The summed E-state index contributed by atoms with van der Waals surface area (Å²) in [5.74, 6) is 1.80. The van der Waals surface area contributed by atoms with Crippen molar-refractivity contribution in [3.63, 3.8) is 0 Å². The third-order valence-corrected chi connectivity index (χ3v) is 6.33. The zero-order valence-electron chi connectivity index (χ0n) is 18.5. The SMILES string of the molecule is CCN(C(=O)CSc1nnc(-c2ccccc2OC)n1CC)c1cccc2ccccc12. The van der Waals surface area contributed by atoms with E-state index >= 15 is 0 Å². The highest BCUT2D eigenvalue weighted by Crippen LogP contribution is 2.32. The molecule has 0 bridgehead atoms. The molecule has 6 nitrogen and oxygen atoms in total. The number of ether oxygens (including phenoxy) is 1. The Morgan fingerprint density at radius 1 is 1.00 bits per heavy atom. The summed E-state index contributed by atoms with van der Waals surface area (Å²) in [6.07, 6.45) is 0. The van der Waals surface area contributed by atoms with E-state index in [1.807, 2.05) is 71.8 Å². The second-order valence-electron chi connectivity index (χ2n) is 7.18. The molecule has 0 fully saturated rings. The average molecular weight is 447 g/mol. The Morgan fingerprint density at radius 3 is 2.53 bits per heavy atom. The van der Waals surface area contributed by atoms with Gasteiger partial charge in [0.2, 0.25) is 5.91 Å². The summed E-state index contributed by atoms with van der Waals surface area (Å²) in [6, 6.07) is 21.9. The van der Waals surface area contributed by atoms with Gasteiger partial charge in [0.25, 0.3) is 0 Å². The van der Waals surface area contributed by atoms with Crippen LogP contribution < -0.4 is 9.64 Å². The van der Waals surface area contributed by atoms with E-state index in [0.717, 1.165) is 38.8 Å². The fourth-order valence-electron chi connectivity index (χ4n) is 3.84. The predicted molar refractivity (Wildman–Crippen MR) is 130 cm³/mol. The first kappa shape index (κ1) is 21.9. The molecule has 0 unspecified atom stereocenters. The number of para-hydroxylation sites is 1. The second kappa shape index (κ2) is 9.87. The molecular formula is C25H26N4O2S. The molecule has 4 rings (SSSR count). The fraction of sp³-hybridized carbons (Fsp3) is 0.240. The van der Waals surface area contributed by atoms with Crippen molar-refractivity contribution in [2.45, 2.75) is 25.5 Å². The number of rotatable bonds is 8. The van der Waals surface area contributed by atoms with Crippen LogP contribution in [-0.2, 0) is 11.3 Å². The summed E-state index contributed by atoms with van der Waals surface area (Å²) in [4.78, 5) is 15.0. The summed E-state index contributed by atoms with van der Waals surface area (Å²) in [7, 11) is 1.65. The van der Waals surface area contributed by atoms with Crippen LogP contribution in [0.3, 0.4) is 0 Å². The molecule has 7 heteroatoms. The highest BCUT2D eigenvalue weighted by molar-refractivity contribution is 7.99. The number of anilines is 1. The van der Waals surface area contributed by atoms with Gasteiger partial charge >= 0.3 is 0 Å². The number of fused-ring (bicyclic) bond motifs is 1. The van der Waals surface area contributed by atoms with Crippen molar-refractivity contribution in [1.29, 1.82) is 0 Å². The van der Waals surface area contributed by atoms with E-state index < -0.39 is 0 Å². The van der Waals surface area contributed by atoms with Gasteiger partial charge in [0.05, 0.1) is 24.1 Å². The quantitative estimate of drug-likeness (QED) is 0.345. The van der Waals surface area contributed by atoms with Crippen molar-refractivity contribution >= 4 is 34.1 Å². The van der Waals surface area contributed by atoms with Crippen LogP contribution in [0.2, 0.25) is 0 Å². The lowest BCUT2D eigenvalue weighted by molar-refractivity contribution is -0.116. The van der Waals surface area contributed by atoms with E-state index in [9.17, 15) is 4.79 Å². The standard InChI is InChI=1S/C25H26N4O2S/c1-4-28(21-15-10-12-18-11-6-7-13-19(18)21)23(30)17-32-25-27-26-24(29(25)5-2)20-14-8-9-16-22(20)31-3/h6-16H,4-5,17H2,1-3H3. The molecule has 0 N–H and O–H groups in total. The maximum absolute atomic E-state index is 13.2. The van der Waals surface area contributed by atoms with Crippen molar-refractivity contribution in [3.05, 3.63) is 66.7 Å². The van der Waals surface area contributed by atoms with E-state index in [2.05, 4.69) is 28.4 Å². The number of thioether (sulfide) groups is 1. The van der Waals surface area contributed by atoms with Crippen LogP contribution in [0, 0.1) is 0 Å². The van der Waals surface area contributed by atoms with Crippen LogP contribution in [0.5, 0.6) is 5.75 Å². The number of hydrogen-bond acceptors (Lipinski definition) is 5. The lowest BCUT2D eigenvalue weighted by Crippen LogP contribution is -2.32. The molecule has 0 saturated carbocycles. The van der Waals surface area contributed by atoms with Gasteiger partial charge in [-0.1, -0.05) is 60.3 Å². The summed E-state index contributed by atoms with van der Waals surface area (Å²) in [6.45, 7) is 5.33. The predicted octanol–water partition coefficient (Wildman–Crippen LogP) is 5.27. The minimum atomic E-state index is 0.0401. The zero-order chi connectivity index (χ0) is 22.5. The Morgan fingerprint density at radius 2 is 1.75 bits per heavy atom. The first-order valence-electron chi connectivity index (χ1n) is 10.6. The van der Waals surface area contributed by atoms with Crippen molar-refractivity contribution in [2.24, 2.45) is 0 Å². The maximum atomic E-state index is 13.2. The highest BCUT2D eigenvalue weighted by Gasteiger charge is 2.20. The number of benzene rings is 3. The third-order valence-electron chi connectivity index (χ3n) is 5.38. The van der Waals surface area contributed by atoms with Crippen molar-refractivity contribution in [2.75, 3.05) is 24.3 Å². The normalized spacial score (nSPS) is 11.0. The van der Waals surface area contributed by atoms with E-state index in [1.54, 1.807) is 7.11 Å². The molecule has 0 radical (unpaired) electrons. The van der Waals surface area contributed by atoms with Crippen LogP contribution in [0.15, 0.2) is 71.9 Å². The lowest BCUT2D eigenvalue weighted by atomic mass is 10.1. The molecule has 0 saturated heterocycles. The number of carbonyl (C=O) groups is 1. The Kier molecular flexibility index (Phi) is 6.75. The minimum Gasteiger partial charge on any atom is -0.496 e. The molecule has 0 atom stereocenters. The Hall–Kier alpha value is -3.32. The van der Waals surface area contributed by atoms with Crippen LogP contribution in [0.25, 0.3) is 22.2 Å². The first-order chi connectivity index (χ1) is 15.7. The third kappa shape index (κ3) is 4.21. The zero-order valence-corrected chi connectivity index (χ0v) is 19.3. The minimum absolute atomic E-state index is 0.0401. The van der Waals surface area contributed by atoms with Gasteiger partial charge in [-0.05, 0) is 37.4 Å². The number of methoxy groups -OCH3 is 1. The summed E-state index contributed by atoms with van der Waals surface area (Å²) in [5.41, 5.74) is 1.82. The van der Waals surface area contributed by atoms with Gasteiger partial charge in [0.15, 0.2) is 11.0 Å². The van der Waals surface area contributed by atoms with Crippen molar-refractivity contribution in [1.82, 2.24) is 14.8 Å². The molecule has 32 heavy (non-hydrogen) atoms. The maximum Gasteiger partial charge on any atom is 0.237 e. The summed E-state index contributed by atoms with van der Waals surface area (Å²) >= 11 is 1.41. The van der Waals surface area contributed by atoms with Crippen LogP contribution in [0.1, 0.15) is 13.8 Å². The number of nitrogens with zero attached hydrogens (tertiary/aromatic N) is 4. The van der Waals surface area contributed by atoms with Gasteiger partial charge in [-0.15, -0.1) is 10.2 Å². The van der Waals surface area contributed by atoms with E-state index in [0.29, 0.717) is 13.1 Å². The number of aromatic nitrogens is 3. The Balaban J connectivity index is 1.57. The molecule has 0 spiro atoms. The van der Waals surface area contributed by atoms with Gasteiger partial charge in [0, 0.05) is 18.5 Å². The molecule has 1 aromatic heterocycles. The van der Waals surface area contributed by atoms with E-state index in [-0.39, 0.29) is 11.7 Å². The van der Waals surface area contributed by atoms with Gasteiger partial charge in [-0.2, -0.15) is 0 Å². The van der Waals surface area contributed by atoms with Gasteiger partial charge < -0.3 is 14.2 Å². The molecule has 164 valence electrons. The van der Waals surface area contributed by atoms with Crippen LogP contribution in [0.4, 0.5) is 5.69 Å². The fourth-order valence-corrected chi connectivity index (χ4v) is 4.72. The van der Waals surface area contributed by atoms with Gasteiger partial charge in [-0.3, -0.25) is 4.79 Å². The first-order valence-corrected chi connectivity index (χ1v) is 11.6. The molecule has 0 aliphatic rings. The topological polar surface area (TPSA) is 60.3 Å². The molecule has 1 heterocycles. The molecule has 0 aliphatic heterocycles. The smallest absolute Gasteiger partial charge is 0.237 e.